The first-order chi connectivity index (χ1) is 19.3. The predicted octanol–water partition coefficient (Wildman–Crippen LogP) is 7.18. The SMILES string of the molecule is Cc1ccc(NC(=O)C(C)Sc2ccc(NC(=O)/C(=C/c3ccccc3Cl)NC(=O)c3ccccc3)cc2)cc1. The molecule has 3 amide bonds. The van der Waals surface area contributed by atoms with E-state index in [0.29, 0.717) is 21.8 Å². The summed E-state index contributed by atoms with van der Waals surface area (Å²) < 4.78 is 0. The molecule has 202 valence electrons. The lowest BCUT2D eigenvalue weighted by atomic mass is 10.1. The van der Waals surface area contributed by atoms with E-state index in [9.17, 15) is 14.4 Å². The van der Waals surface area contributed by atoms with Gasteiger partial charge in [-0.2, -0.15) is 0 Å². The highest BCUT2D eigenvalue weighted by Crippen LogP contribution is 2.26. The van der Waals surface area contributed by atoms with Crippen LogP contribution in [0.15, 0.2) is 114 Å². The van der Waals surface area contributed by atoms with Crippen LogP contribution in [0.3, 0.4) is 0 Å². The van der Waals surface area contributed by atoms with Crippen molar-refractivity contribution in [2.75, 3.05) is 10.6 Å². The molecule has 4 rings (SSSR count). The molecule has 0 aliphatic heterocycles. The van der Waals surface area contributed by atoms with Crippen LogP contribution in [0.5, 0.6) is 0 Å². The second-order valence-electron chi connectivity index (χ2n) is 8.99. The molecule has 0 saturated heterocycles. The van der Waals surface area contributed by atoms with Crippen molar-refractivity contribution in [3.63, 3.8) is 0 Å². The Morgan fingerprint density at radius 1 is 0.775 bits per heavy atom. The van der Waals surface area contributed by atoms with Crippen molar-refractivity contribution in [3.05, 3.63) is 131 Å². The molecule has 0 aliphatic rings. The number of halogens is 1. The molecule has 6 nitrogen and oxygen atoms in total. The van der Waals surface area contributed by atoms with Gasteiger partial charge in [-0.1, -0.05) is 65.7 Å². The molecule has 40 heavy (non-hydrogen) atoms. The van der Waals surface area contributed by atoms with Gasteiger partial charge in [0.1, 0.15) is 5.70 Å². The van der Waals surface area contributed by atoms with Gasteiger partial charge >= 0.3 is 0 Å². The maximum Gasteiger partial charge on any atom is 0.272 e. The zero-order valence-electron chi connectivity index (χ0n) is 22.0. The predicted molar refractivity (Wildman–Crippen MR) is 164 cm³/mol. The summed E-state index contributed by atoms with van der Waals surface area (Å²) >= 11 is 7.71. The molecule has 0 fully saturated rings. The van der Waals surface area contributed by atoms with Gasteiger partial charge < -0.3 is 16.0 Å². The Kier molecular flexibility index (Phi) is 9.78. The molecule has 4 aromatic carbocycles. The number of hydrogen-bond donors (Lipinski definition) is 3. The first kappa shape index (κ1) is 28.7. The van der Waals surface area contributed by atoms with E-state index in [-0.39, 0.29) is 16.9 Å². The third-order valence-electron chi connectivity index (χ3n) is 5.85. The number of aryl methyl sites for hydroxylation is 1. The van der Waals surface area contributed by atoms with E-state index in [2.05, 4.69) is 16.0 Å². The van der Waals surface area contributed by atoms with Crippen molar-refractivity contribution < 1.29 is 14.4 Å². The molecule has 0 aromatic heterocycles. The lowest BCUT2D eigenvalue weighted by Crippen LogP contribution is -2.30. The van der Waals surface area contributed by atoms with Crippen LogP contribution < -0.4 is 16.0 Å². The fraction of sp³-hybridized carbons (Fsp3) is 0.0938. The lowest BCUT2D eigenvalue weighted by molar-refractivity contribution is -0.115. The summed E-state index contributed by atoms with van der Waals surface area (Å²) in [5.74, 6) is -1.02. The summed E-state index contributed by atoms with van der Waals surface area (Å²) in [5, 5.41) is 8.57. The van der Waals surface area contributed by atoms with Crippen molar-refractivity contribution in [2.45, 2.75) is 24.0 Å². The molecule has 3 N–H and O–H groups in total. The van der Waals surface area contributed by atoms with Gasteiger partial charge in [0, 0.05) is 26.9 Å². The van der Waals surface area contributed by atoms with E-state index in [1.54, 1.807) is 60.7 Å². The average molecular weight is 570 g/mol. The Labute approximate surface area is 242 Å². The van der Waals surface area contributed by atoms with E-state index in [0.717, 1.165) is 16.1 Å². The van der Waals surface area contributed by atoms with Gasteiger partial charge in [-0.3, -0.25) is 14.4 Å². The van der Waals surface area contributed by atoms with Crippen LogP contribution in [-0.4, -0.2) is 23.0 Å². The molecular weight excluding hydrogens is 542 g/mol. The Bertz CT molecular complexity index is 1520. The Morgan fingerprint density at radius 2 is 1.38 bits per heavy atom. The quantitative estimate of drug-likeness (QED) is 0.147. The maximum atomic E-state index is 13.2. The molecule has 1 unspecified atom stereocenters. The summed E-state index contributed by atoms with van der Waals surface area (Å²) in [6.45, 7) is 3.83. The molecular formula is C32H28ClN3O3S. The molecule has 0 bridgehead atoms. The Balaban J connectivity index is 1.43. The number of carbonyl (C=O) groups excluding carboxylic acids is 3. The van der Waals surface area contributed by atoms with Crippen molar-refractivity contribution in [2.24, 2.45) is 0 Å². The minimum Gasteiger partial charge on any atom is -0.325 e. The van der Waals surface area contributed by atoms with Crippen LogP contribution in [-0.2, 0) is 9.59 Å². The summed E-state index contributed by atoms with van der Waals surface area (Å²) in [6.07, 6.45) is 1.54. The number of hydrogen-bond acceptors (Lipinski definition) is 4. The Hall–Kier alpha value is -4.33. The van der Waals surface area contributed by atoms with Gasteiger partial charge in [0.05, 0.1) is 5.25 Å². The molecule has 0 spiro atoms. The molecule has 0 saturated carbocycles. The number of thioether (sulfide) groups is 1. The highest BCUT2D eigenvalue weighted by Gasteiger charge is 2.17. The topological polar surface area (TPSA) is 87.3 Å². The summed E-state index contributed by atoms with van der Waals surface area (Å²) in [7, 11) is 0. The highest BCUT2D eigenvalue weighted by atomic mass is 35.5. The van der Waals surface area contributed by atoms with Gasteiger partial charge in [-0.25, -0.2) is 0 Å². The zero-order chi connectivity index (χ0) is 28.5. The van der Waals surface area contributed by atoms with E-state index in [1.807, 2.05) is 56.3 Å². The van der Waals surface area contributed by atoms with Gasteiger partial charge in [-0.05, 0) is 80.1 Å². The number of amides is 3. The van der Waals surface area contributed by atoms with Crippen molar-refractivity contribution >= 4 is 58.5 Å². The minimum absolute atomic E-state index is 0.0433. The smallest absolute Gasteiger partial charge is 0.272 e. The standard InChI is InChI=1S/C32H28ClN3O3S/c1-21-12-14-25(15-13-21)34-30(37)22(2)40-27-18-16-26(17-19-27)35-32(39)29(20-24-10-6-7-11-28(24)33)36-31(38)23-8-4-3-5-9-23/h3-20,22H,1-2H3,(H,34,37)(H,35,39)(H,36,38)/b29-20-. The summed E-state index contributed by atoms with van der Waals surface area (Å²) in [4.78, 5) is 39.5. The van der Waals surface area contributed by atoms with Gasteiger partial charge in [0.25, 0.3) is 11.8 Å². The molecule has 0 radical (unpaired) electrons. The third kappa shape index (κ3) is 8.09. The number of anilines is 2. The van der Waals surface area contributed by atoms with Crippen LogP contribution in [0.2, 0.25) is 5.02 Å². The number of carbonyl (C=O) groups is 3. The van der Waals surface area contributed by atoms with Crippen LogP contribution in [0.4, 0.5) is 11.4 Å². The van der Waals surface area contributed by atoms with Crippen LogP contribution >= 0.6 is 23.4 Å². The molecule has 4 aromatic rings. The number of rotatable bonds is 9. The van der Waals surface area contributed by atoms with Crippen molar-refractivity contribution in [1.29, 1.82) is 0 Å². The maximum absolute atomic E-state index is 13.2. The van der Waals surface area contributed by atoms with Gasteiger partial charge in [0.15, 0.2) is 0 Å². The second-order valence-corrected chi connectivity index (χ2v) is 10.8. The van der Waals surface area contributed by atoms with Crippen molar-refractivity contribution in [1.82, 2.24) is 5.32 Å². The normalized spacial score (nSPS) is 11.8. The number of nitrogens with one attached hydrogen (secondary N) is 3. The van der Waals surface area contributed by atoms with Crippen LogP contribution in [0.25, 0.3) is 6.08 Å². The van der Waals surface area contributed by atoms with E-state index in [4.69, 9.17) is 11.6 Å². The molecule has 8 heteroatoms. The summed E-state index contributed by atoms with van der Waals surface area (Å²) in [6, 6.07) is 30.5. The molecule has 0 aliphatic carbocycles. The van der Waals surface area contributed by atoms with E-state index >= 15 is 0 Å². The lowest BCUT2D eigenvalue weighted by Gasteiger charge is -2.14. The van der Waals surface area contributed by atoms with Gasteiger partial charge in [0.2, 0.25) is 5.91 Å². The molecule has 0 heterocycles. The van der Waals surface area contributed by atoms with Crippen LogP contribution in [0, 0.1) is 6.92 Å². The monoisotopic (exact) mass is 569 g/mol. The first-order valence-electron chi connectivity index (χ1n) is 12.6. The van der Waals surface area contributed by atoms with E-state index < -0.39 is 11.8 Å². The minimum atomic E-state index is -0.504. The Morgan fingerprint density at radius 3 is 2.05 bits per heavy atom. The van der Waals surface area contributed by atoms with Crippen LogP contribution in [0.1, 0.15) is 28.4 Å². The highest BCUT2D eigenvalue weighted by molar-refractivity contribution is 8.00. The van der Waals surface area contributed by atoms with Gasteiger partial charge in [-0.15, -0.1) is 11.8 Å². The summed E-state index contributed by atoms with van der Waals surface area (Å²) in [5.41, 5.74) is 3.46. The average Bonchev–Trinajstić information content (AvgIpc) is 2.96. The molecule has 1 atom stereocenters. The zero-order valence-corrected chi connectivity index (χ0v) is 23.6. The van der Waals surface area contributed by atoms with E-state index in [1.165, 1.54) is 17.8 Å². The number of benzene rings is 4. The second kappa shape index (κ2) is 13.6. The largest absolute Gasteiger partial charge is 0.325 e. The fourth-order valence-corrected chi connectivity index (χ4v) is 4.70. The third-order valence-corrected chi connectivity index (χ3v) is 7.30. The van der Waals surface area contributed by atoms with Crippen molar-refractivity contribution in [3.8, 4) is 0 Å². The fourth-order valence-electron chi connectivity index (χ4n) is 3.64. The first-order valence-corrected chi connectivity index (χ1v) is 13.8.